The molecule has 0 aromatic heterocycles. The standard InChI is InChI=1S/C23H22F6N2O6/c1-4-37-17(32)20(22(24,25)26,14-8-6-5-7-9-14)31-19(34)30-16-11-10-15(12-13(16)2)21(35,18(33)36-3)23(27,28)29/h5-12,35H,4H2,1-3H3,(H2,30,31,34)/t20-,21+/m1/s1. The Bertz CT molecular complexity index is 1150. The van der Waals surface area contributed by atoms with Crippen LogP contribution in [0, 0.1) is 6.92 Å². The summed E-state index contributed by atoms with van der Waals surface area (Å²) in [6.07, 6.45) is -10.9. The highest BCUT2D eigenvalue weighted by atomic mass is 19.4. The molecule has 2 atom stereocenters. The summed E-state index contributed by atoms with van der Waals surface area (Å²) in [5.41, 5.74) is -9.75. The van der Waals surface area contributed by atoms with Crippen LogP contribution in [0.3, 0.4) is 0 Å². The molecule has 8 nitrogen and oxygen atoms in total. The van der Waals surface area contributed by atoms with Crippen molar-refractivity contribution in [1.29, 1.82) is 0 Å². The maximum absolute atomic E-state index is 14.3. The van der Waals surface area contributed by atoms with Gasteiger partial charge < -0.3 is 25.2 Å². The number of aryl methyl sites for hydroxylation is 1. The minimum absolute atomic E-state index is 0.173. The van der Waals surface area contributed by atoms with Crippen LogP contribution in [-0.2, 0) is 30.2 Å². The average molecular weight is 536 g/mol. The number of ether oxygens (including phenoxy) is 2. The number of carbonyl (C=O) groups is 3. The van der Waals surface area contributed by atoms with Crippen LogP contribution in [-0.4, -0.2) is 49.1 Å². The number of hydrogen-bond donors (Lipinski definition) is 3. The van der Waals surface area contributed by atoms with Gasteiger partial charge in [-0.05, 0) is 31.0 Å². The second-order valence-corrected chi connectivity index (χ2v) is 7.64. The SMILES string of the molecule is CCOC(=O)[C@](NC(=O)Nc1ccc([C@](O)(C(=O)OC)C(F)(F)F)cc1C)(c1ccccc1)C(F)(F)F. The van der Waals surface area contributed by atoms with E-state index in [4.69, 9.17) is 0 Å². The maximum atomic E-state index is 14.3. The fraction of sp³-hybridized carbons (Fsp3) is 0.348. The van der Waals surface area contributed by atoms with Crippen molar-refractivity contribution in [3.63, 3.8) is 0 Å². The molecule has 0 radical (unpaired) electrons. The first kappa shape index (κ1) is 29.4. The molecule has 14 heteroatoms. The molecular formula is C23H22F6N2O6. The molecule has 0 aliphatic carbocycles. The van der Waals surface area contributed by atoms with E-state index in [1.165, 1.54) is 25.1 Å². The summed E-state index contributed by atoms with van der Waals surface area (Å²) in [4.78, 5) is 37.0. The second kappa shape index (κ2) is 10.7. The zero-order valence-electron chi connectivity index (χ0n) is 19.6. The molecule has 0 fully saturated rings. The van der Waals surface area contributed by atoms with Crippen molar-refractivity contribution in [1.82, 2.24) is 5.32 Å². The molecule has 2 aromatic carbocycles. The number of halogens is 6. The second-order valence-electron chi connectivity index (χ2n) is 7.64. The third kappa shape index (κ3) is 5.48. The number of aliphatic hydroxyl groups is 1. The zero-order valence-corrected chi connectivity index (χ0v) is 19.6. The Morgan fingerprint density at radius 2 is 1.49 bits per heavy atom. The molecule has 0 saturated heterocycles. The van der Waals surface area contributed by atoms with Gasteiger partial charge in [-0.1, -0.05) is 42.5 Å². The number of alkyl halides is 6. The molecule has 0 aliphatic rings. The summed E-state index contributed by atoms with van der Waals surface area (Å²) in [6.45, 7) is 1.99. The summed E-state index contributed by atoms with van der Waals surface area (Å²) in [6, 6.07) is 6.31. The van der Waals surface area contributed by atoms with Gasteiger partial charge in [0.15, 0.2) is 0 Å². The minimum atomic E-state index is -5.49. The van der Waals surface area contributed by atoms with Crippen LogP contribution in [0.15, 0.2) is 48.5 Å². The Labute approximate surface area is 206 Å². The van der Waals surface area contributed by atoms with Crippen LogP contribution in [0.4, 0.5) is 36.8 Å². The van der Waals surface area contributed by atoms with E-state index in [1.54, 1.807) is 5.32 Å². The highest BCUT2D eigenvalue weighted by Gasteiger charge is 2.64. The fourth-order valence-corrected chi connectivity index (χ4v) is 3.42. The van der Waals surface area contributed by atoms with Crippen LogP contribution >= 0.6 is 0 Å². The van der Waals surface area contributed by atoms with Gasteiger partial charge in [-0.2, -0.15) is 26.3 Å². The van der Waals surface area contributed by atoms with Gasteiger partial charge in [-0.15, -0.1) is 0 Å². The van der Waals surface area contributed by atoms with E-state index in [-0.39, 0.29) is 11.3 Å². The van der Waals surface area contributed by atoms with Gasteiger partial charge in [0.2, 0.25) is 0 Å². The van der Waals surface area contributed by atoms with Gasteiger partial charge in [0.1, 0.15) is 0 Å². The largest absolute Gasteiger partial charge is 0.466 e. The highest BCUT2D eigenvalue weighted by Crippen LogP contribution is 2.42. The van der Waals surface area contributed by atoms with Gasteiger partial charge >= 0.3 is 30.3 Å². The van der Waals surface area contributed by atoms with Crippen molar-refractivity contribution in [2.75, 3.05) is 19.0 Å². The molecule has 2 aromatic rings. The van der Waals surface area contributed by atoms with E-state index >= 15 is 0 Å². The number of hydrogen-bond acceptors (Lipinski definition) is 6. The Morgan fingerprint density at radius 3 is 1.95 bits per heavy atom. The summed E-state index contributed by atoms with van der Waals surface area (Å²) >= 11 is 0. The normalized spacial score (nSPS) is 15.1. The van der Waals surface area contributed by atoms with Gasteiger partial charge in [-0.25, -0.2) is 14.4 Å². The third-order valence-electron chi connectivity index (χ3n) is 5.30. The van der Waals surface area contributed by atoms with Gasteiger partial charge in [-0.3, -0.25) is 0 Å². The average Bonchev–Trinajstić information content (AvgIpc) is 2.81. The van der Waals surface area contributed by atoms with E-state index < -0.39 is 59.2 Å². The van der Waals surface area contributed by atoms with Crippen molar-refractivity contribution in [2.24, 2.45) is 0 Å². The van der Waals surface area contributed by atoms with Crippen molar-refractivity contribution >= 4 is 23.7 Å². The minimum Gasteiger partial charge on any atom is -0.466 e. The zero-order chi connectivity index (χ0) is 28.2. The van der Waals surface area contributed by atoms with Crippen LogP contribution in [0.5, 0.6) is 0 Å². The van der Waals surface area contributed by atoms with Crippen molar-refractivity contribution < 1.29 is 55.3 Å². The van der Waals surface area contributed by atoms with E-state index in [0.29, 0.717) is 19.2 Å². The summed E-state index contributed by atoms with van der Waals surface area (Å²) < 4.78 is 92.0. The van der Waals surface area contributed by atoms with Crippen LogP contribution in [0.2, 0.25) is 0 Å². The number of carbonyl (C=O) groups excluding carboxylic acids is 3. The summed E-state index contributed by atoms with van der Waals surface area (Å²) in [7, 11) is 0.634. The quantitative estimate of drug-likeness (QED) is 0.364. The number of amides is 2. The van der Waals surface area contributed by atoms with E-state index in [1.807, 2.05) is 5.32 Å². The molecule has 0 bridgehead atoms. The molecule has 0 saturated carbocycles. The van der Waals surface area contributed by atoms with E-state index in [9.17, 15) is 45.8 Å². The molecule has 0 unspecified atom stereocenters. The van der Waals surface area contributed by atoms with Crippen LogP contribution in [0.1, 0.15) is 23.6 Å². The molecule has 3 N–H and O–H groups in total. The summed E-state index contributed by atoms with van der Waals surface area (Å²) in [5.74, 6) is -3.84. The first-order valence-corrected chi connectivity index (χ1v) is 10.4. The van der Waals surface area contributed by atoms with Crippen LogP contribution in [0.25, 0.3) is 0 Å². The van der Waals surface area contributed by atoms with E-state index in [0.717, 1.165) is 25.1 Å². The van der Waals surface area contributed by atoms with Crippen molar-refractivity contribution in [3.05, 3.63) is 65.2 Å². The molecule has 0 aliphatic heterocycles. The number of urea groups is 1. The molecule has 0 heterocycles. The molecule has 0 spiro atoms. The lowest BCUT2D eigenvalue weighted by Gasteiger charge is -2.34. The predicted molar refractivity (Wildman–Crippen MR) is 116 cm³/mol. The van der Waals surface area contributed by atoms with Gasteiger partial charge in [0, 0.05) is 11.3 Å². The number of benzene rings is 2. The molecule has 2 rings (SSSR count). The number of esters is 2. The number of methoxy groups -OCH3 is 1. The number of nitrogens with one attached hydrogen (secondary N) is 2. The monoisotopic (exact) mass is 536 g/mol. The summed E-state index contributed by atoms with van der Waals surface area (Å²) in [5, 5.41) is 13.7. The molecule has 2 amide bonds. The molecule has 202 valence electrons. The van der Waals surface area contributed by atoms with Crippen LogP contribution < -0.4 is 10.6 Å². The smallest absolute Gasteiger partial charge is 0.432 e. The Kier molecular flexibility index (Phi) is 8.48. The maximum Gasteiger partial charge on any atom is 0.432 e. The number of anilines is 1. The first-order valence-electron chi connectivity index (χ1n) is 10.4. The lowest BCUT2D eigenvalue weighted by atomic mass is 9.89. The fourth-order valence-electron chi connectivity index (χ4n) is 3.42. The number of rotatable bonds is 7. The third-order valence-corrected chi connectivity index (χ3v) is 5.30. The van der Waals surface area contributed by atoms with Gasteiger partial charge in [0.05, 0.1) is 13.7 Å². The Balaban J connectivity index is 2.48. The van der Waals surface area contributed by atoms with Crippen molar-refractivity contribution in [2.45, 2.75) is 37.3 Å². The molecular weight excluding hydrogens is 514 g/mol. The topological polar surface area (TPSA) is 114 Å². The lowest BCUT2D eigenvalue weighted by Crippen LogP contribution is -2.62. The highest BCUT2D eigenvalue weighted by molar-refractivity contribution is 5.96. The van der Waals surface area contributed by atoms with Gasteiger partial charge in [0.25, 0.3) is 11.1 Å². The lowest BCUT2D eigenvalue weighted by molar-refractivity contribution is -0.266. The first-order chi connectivity index (χ1) is 17.1. The molecule has 37 heavy (non-hydrogen) atoms. The van der Waals surface area contributed by atoms with Crippen molar-refractivity contribution in [3.8, 4) is 0 Å². The van der Waals surface area contributed by atoms with E-state index in [2.05, 4.69) is 9.47 Å². The predicted octanol–water partition coefficient (Wildman–Crippen LogP) is 4.06. The Morgan fingerprint density at radius 1 is 0.892 bits per heavy atom. The Hall–Kier alpha value is -3.81.